The molecule has 0 radical (unpaired) electrons. The van der Waals surface area contributed by atoms with Gasteiger partial charge in [0, 0.05) is 17.3 Å². The van der Waals surface area contributed by atoms with Crippen LogP contribution < -0.4 is 11.1 Å². The fourth-order valence-electron chi connectivity index (χ4n) is 1.90. The molecule has 1 fully saturated rings. The number of halogens is 1. The van der Waals surface area contributed by atoms with Crippen LogP contribution in [-0.2, 0) is 16.1 Å². The number of benzene rings is 1. The Hall–Kier alpha value is -1.59. The van der Waals surface area contributed by atoms with Crippen LogP contribution in [0, 0.1) is 0 Å². The minimum absolute atomic E-state index is 0.179. The number of anilines is 1. The summed E-state index contributed by atoms with van der Waals surface area (Å²) in [5, 5.41) is 2.87. The van der Waals surface area contributed by atoms with Crippen LogP contribution in [0.2, 0.25) is 5.02 Å². The topological polar surface area (TPSA) is 75.4 Å². The van der Waals surface area contributed by atoms with Gasteiger partial charge >= 0.3 is 0 Å². The van der Waals surface area contributed by atoms with Gasteiger partial charge in [0.2, 0.25) is 11.8 Å². The monoisotopic (exact) mass is 267 g/mol. The maximum absolute atomic E-state index is 11.5. The van der Waals surface area contributed by atoms with Crippen LogP contribution in [0.25, 0.3) is 0 Å². The van der Waals surface area contributed by atoms with Gasteiger partial charge in [0.05, 0.1) is 12.6 Å². The molecule has 1 saturated heterocycles. The Morgan fingerprint density at radius 2 is 2.22 bits per heavy atom. The number of hydrogen-bond acceptors (Lipinski definition) is 4. The van der Waals surface area contributed by atoms with Gasteiger partial charge in [0.15, 0.2) is 0 Å². The molecule has 0 bridgehead atoms. The van der Waals surface area contributed by atoms with Crippen LogP contribution in [-0.4, -0.2) is 29.3 Å². The third-order valence-corrected chi connectivity index (χ3v) is 3.35. The average molecular weight is 268 g/mol. The zero-order valence-corrected chi connectivity index (χ0v) is 10.7. The first-order valence-electron chi connectivity index (χ1n) is 5.59. The number of rotatable bonds is 2. The van der Waals surface area contributed by atoms with Crippen LogP contribution in [0.3, 0.4) is 0 Å². The highest BCUT2D eigenvalue weighted by Gasteiger charge is 2.30. The van der Waals surface area contributed by atoms with E-state index in [1.807, 2.05) is 0 Å². The van der Waals surface area contributed by atoms with Crippen molar-refractivity contribution in [2.24, 2.45) is 0 Å². The molecule has 2 amide bonds. The molecular formula is C12H14ClN3O2. The quantitative estimate of drug-likeness (QED) is 0.613. The van der Waals surface area contributed by atoms with Gasteiger partial charge in [-0.25, -0.2) is 0 Å². The first kappa shape index (κ1) is 12.9. The molecule has 0 saturated carbocycles. The Morgan fingerprint density at radius 3 is 2.94 bits per heavy atom. The van der Waals surface area contributed by atoms with E-state index in [0.29, 0.717) is 17.3 Å². The molecular weight excluding hydrogens is 254 g/mol. The highest BCUT2D eigenvalue weighted by atomic mass is 35.5. The molecule has 1 aromatic rings. The molecule has 18 heavy (non-hydrogen) atoms. The lowest BCUT2D eigenvalue weighted by atomic mass is 10.1. The highest BCUT2D eigenvalue weighted by Crippen LogP contribution is 2.22. The second-order valence-electron chi connectivity index (χ2n) is 4.34. The van der Waals surface area contributed by atoms with Crippen molar-refractivity contribution in [1.82, 2.24) is 10.2 Å². The number of piperazine rings is 1. The van der Waals surface area contributed by atoms with Gasteiger partial charge < -0.3 is 5.73 Å². The molecule has 96 valence electrons. The van der Waals surface area contributed by atoms with Gasteiger partial charge in [-0.3, -0.25) is 19.8 Å². The molecule has 0 aromatic heterocycles. The molecule has 3 N–H and O–H groups in total. The Balaban J connectivity index is 2.19. The van der Waals surface area contributed by atoms with E-state index in [1.54, 1.807) is 30.0 Å². The van der Waals surface area contributed by atoms with Crippen LogP contribution in [0.15, 0.2) is 18.2 Å². The molecule has 1 heterocycles. The van der Waals surface area contributed by atoms with Gasteiger partial charge in [0.1, 0.15) is 0 Å². The fraction of sp³-hybridized carbons (Fsp3) is 0.333. The summed E-state index contributed by atoms with van der Waals surface area (Å²) in [6.45, 7) is 2.35. The molecule has 0 aliphatic carbocycles. The minimum atomic E-state index is -0.361. The van der Waals surface area contributed by atoms with E-state index >= 15 is 0 Å². The molecule has 6 heteroatoms. The normalized spacial score (nSPS) is 20.9. The van der Waals surface area contributed by atoms with E-state index in [4.69, 9.17) is 17.3 Å². The number of nitrogens with zero attached hydrogens (tertiary/aromatic N) is 1. The summed E-state index contributed by atoms with van der Waals surface area (Å²) in [6.07, 6.45) is 0. The lowest BCUT2D eigenvalue weighted by Gasteiger charge is -2.31. The molecule has 1 aliphatic heterocycles. The molecule has 1 unspecified atom stereocenters. The third kappa shape index (κ3) is 2.63. The standard InChI is InChI=1S/C12H14ClN3O2/c1-7-12(18)15-11(17)6-16(7)5-8-4-9(14)2-3-10(8)13/h2-4,7H,5-6,14H2,1H3,(H,15,17,18). The number of nitrogens with one attached hydrogen (secondary N) is 1. The van der Waals surface area contributed by atoms with E-state index in [9.17, 15) is 9.59 Å². The van der Waals surface area contributed by atoms with E-state index in [2.05, 4.69) is 5.32 Å². The number of carbonyl (C=O) groups is 2. The Morgan fingerprint density at radius 1 is 1.50 bits per heavy atom. The second-order valence-corrected chi connectivity index (χ2v) is 4.75. The van der Waals surface area contributed by atoms with Gasteiger partial charge in [-0.2, -0.15) is 0 Å². The smallest absolute Gasteiger partial charge is 0.243 e. The average Bonchev–Trinajstić information content (AvgIpc) is 2.30. The summed E-state index contributed by atoms with van der Waals surface area (Å²) >= 11 is 6.07. The van der Waals surface area contributed by atoms with Crippen molar-refractivity contribution in [3.8, 4) is 0 Å². The maximum Gasteiger partial charge on any atom is 0.243 e. The summed E-state index contributed by atoms with van der Waals surface area (Å²) < 4.78 is 0. The van der Waals surface area contributed by atoms with Gasteiger partial charge in [-0.1, -0.05) is 11.6 Å². The van der Waals surface area contributed by atoms with Crippen LogP contribution in [0.5, 0.6) is 0 Å². The Bertz CT molecular complexity index is 504. The number of amides is 2. The van der Waals surface area contributed by atoms with Gasteiger partial charge in [-0.05, 0) is 30.7 Å². The van der Waals surface area contributed by atoms with Gasteiger partial charge in [-0.15, -0.1) is 0 Å². The number of nitrogen functional groups attached to an aromatic ring is 1. The Kier molecular flexibility index (Phi) is 3.54. The van der Waals surface area contributed by atoms with Crippen molar-refractivity contribution in [3.63, 3.8) is 0 Å². The third-order valence-electron chi connectivity index (χ3n) is 2.98. The lowest BCUT2D eigenvalue weighted by molar-refractivity contribution is -0.139. The zero-order chi connectivity index (χ0) is 13.3. The number of carbonyl (C=O) groups excluding carboxylic acids is 2. The molecule has 5 nitrogen and oxygen atoms in total. The highest BCUT2D eigenvalue weighted by molar-refractivity contribution is 6.31. The molecule has 2 rings (SSSR count). The van der Waals surface area contributed by atoms with Gasteiger partial charge in [0.25, 0.3) is 0 Å². The van der Waals surface area contributed by atoms with E-state index in [1.165, 1.54) is 0 Å². The first-order chi connectivity index (χ1) is 8.47. The maximum atomic E-state index is 11.5. The lowest BCUT2D eigenvalue weighted by Crippen LogP contribution is -2.56. The fourth-order valence-corrected chi connectivity index (χ4v) is 2.07. The zero-order valence-electron chi connectivity index (χ0n) is 9.94. The van der Waals surface area contributed by atoms with E-state index in [-0.39, 0.29) is 24.4 Å². The summed E-state index contributed by atoms with van der Waals surface area (Å²) in [5.41, 5.74) is 7.12. The van der Waals surface area contributed by atoms with Crippen molar-refractivity contribution in [2.45, 2.75) is 19.5 Å². The van der Waals surface area contributed by atoms with Crippen molar-refractivity contribution in [3.05, 3.63) is 28.8 Å². The molecule has 1 aliphatic rings. The number of nitrogens with two attached hydrogens (primary N) is 1. The summed E-state index contributed by atoms with van der Waals surface area (Å²) in [7, 11) is 0. The largest absolute Gasteiger partial charge is 0.399 e. The summed E-state index contributed by atoms with van der Waals surface area (Å²) in [4.78, 5) is 24.6. The molecule has 1 atom stereocenters. The summed E-state index contributed by atoms with van der Waals surface area (Å²) in [5.74, 6) is -0.579. The van der Waals surface area contributed by atoms with Crippen LogP contribution >= 0.6 is 11.6 Å². The van der Waals surface area contributed by atoms with Crippen molar-refractivity contribution < 1.29 is 9.59 Å². The SMILES string of the molecule is CC1C(=O)NC(=O)CN1Cc1cc(N)ccc1Cl. The van der Waals surface area contributed by atoms with Crippen molar-refractivity contribution in [2.75, 3.05) is 12.3 Å². The van der Waals surface area contributed by atoms with E-state index < -0.39 is 0 Å². The van der Waals surface area contributed by atoms with Crippen molar-refractivity contribution >= 4 is 29.1 Å². The number of imide groups is 1. The summed E-state index contributed by atoms with van der Waals surface area (Å²) in [6, 6.07) is 4.82. The molecule has 0 spiro atoms. The first-order valence-corrected chi connectivity index (χ1v) is 5.97. The predicted molar refractivity (Wildman–Crippen MR) is 68.9 cm³/mol. The van der Waals surface area contributed by atoms with Crippen molar-refractivity contribution in [1.29, 1.82) is 0 Å². The van der Waals surface area contributed by atoms with E-state index in [0.717, 1.165) is 5.56 Å². The number of hydrogen-bond donors (Lipinski definition) is 2. The van der Waals surface area contributed by atoms with Crippen LogP contribution in [0.4, 0.5) is 5.69 Å². The second kappa shape index (κ2) is 4.96. The molecule has 1 aromatic carbocycles. The Labute approximate surface area is 110 Å². The predicted octanol–water partition coefficient (Wildman–Crippen LogP) is 0.769. The van der Waals surface area contributed by atoms with Crippen LogP contribution in [0.1, 0.15) is 12.5 Å². The minimum Gasteiger partial charge on any atom is -0.399 e.